The van der Waals surface area contributed by atoms with Crippen LogP contribution < -0.4 is 5.32 Å². The molecule has 1 aromatic heterocycles. The SMILES string of the molecule is C[C@H](NC(=O)COCc1ccccc1)c1nc(-c2ccc(Cl)cc2)no1. The molecule has 0 saturated carbocycles. The van der Waals surface area contributed by atoms with Crippen LogP contribution in [0.25, 0.3) is 11.4 Å². The third-order valence-corrected chi connectivity index (χ3v) is 3.89. The van der Waals surface area contributed by atoms with Crippen LogP contribution in [0.1, 0.15) is 24.4 Å². The molecule has 0 bridgehead atoms. The average molecular weight is 372 g/mol. The molecule has 0 aliphatic carbocycles. The van der Waals surface area contributed by atoms with Gasteiger partial charge in [0.25, 0.3) is 0 Å². The summed E-state index contributed by atoms with van der Waals surface area (Å²) in [6.45, 7) is 2.11. The summed E-state index contributed by atoms with van der Waals surface area (Å²) in [4.78, 5) is 16.3. The molecule has 0 aliphatic heterocycles. The zero-order chi connectivity index (χ0) is 18.4. The van der Waals surface area contributed by atoms with Gasteiger partial charge in [0, 0.05) is 10.6 Å². The van der Waals surface area contributed by atoms with Crippen LogP contribution in [0.4, 0.5) is 0 Å². The van der Waals surface area contributed by atoms with E-state index in [4.69, 9.17) is 20.9 Å². The van der Waals surface area contributed by atoms with Gasteiger partial charge < -0.3 is 14.6 Å². The van der Waals surface area contributed by atoms with E-state index in [0.29, 0.717) is 23.3 Å². The van der Waals surface area contributed by atoms with Crippen molar-refractivity contribution < 1.29 is 14.1 Å². The van der Waals surface area contributed by atoms with Crippen molar-refractivity contribution in [2.45, 2.75) is 19.6 Å². The van der Waals surface area contributed by atoms with Crippen molar-refractivity contribution in [1.29, 1.82) is 0 Å². The summed E-state index contributed by atoms with van der Waals surface area (Å²) >= 11 is 5.87. The largest absolute Gasteiger partial charge is 0.367 e. The molecule has 0 aliphatic rings. The maximum Gasteiger partial charge on any atom is 0.249 e. The molecule has 1 atom stereocenters. The Morgan fingerprint density at radius 1 is 1.19 bits per heavy atom. The predicted octanol–water partition coefficient (Wildman–Crippen LogP) is 3.78. The molecular formula is C19H18ClN3O3. The van der Waals surface area contributed by atoms with Gasteiger partial charge in [-0.25, -0.2) is 0 Å². The Morgan fingerprint density at radius 3 is 2.65 bits per heavy atom. The maximum absolute atomic E-state index is 12.0. The number of nitrogens with zero attached hydrogens (tertiary/aromatic N) is 2. The first-order valence-corrected chi connectivity index (χ1v) is 8.50. The predicted molar refractivity (Wildman–Crippen MR) is 97.4 cm³/mol. The van der Waals surface area contributed by atoms with Gasteiger partial charge in [0.1, 0.15) is 12.6 Å². The molecule has 1 heterocycles. The van der Waals surface area contributed by atoms with Crippen molar-refractivity contribution >= 4 is 17.5 Å². The number of benzene rings is 2. The highest BCUT2D eigenvalue weighted by Crippen LogP contribution is 2.20. The monoisotopic (exact) mass is 371 g/mol. The Labute approximate surface area is 156 Å². The van der Waals surface area contributed by atoms with Crippen molar-refractivity contribution in [3.8, 4) is 11.4 Å². The van der Waals surface area contributed by atoms with E-state index >= 15 is 0 Å². The first-order valence-electron chi connectivity index (χ1n) is 8.12. The zero-order valence-corrected chi connectivity index (χ0v) is 14.9. The summed E-state index contributed by atoms with van der Waals surface area (Å²) in [5.74, 6) is 0.518. The van der Waals surface area contributed by atoms with Gasteiger partial charge in [0.15, 0.2) is 0 Å². The van der Waals surface area contributed by atoms with Crippen LogP contribution in [-0.2, 0) is 16.1 Å². The fourth-order valence-corrected chi connectivity index (χ4v) is 2.43. The molecule has 0 fully saturated rings. The Kier molecular flexibility index (Phi) is 5.99. The molecule has 0 unspecified atom stereocenters. The van der Waals surface area contributed by atoms with E-state index in [-0.39, 0.29) is 12.5 Å². The van der Waals surface area contributed by atoms with E-state index in [1.54, 1.807) is 31.2 Å². The van der Waals surface area contributed by atoms with Gasteiger partial charge >= 0.3 is 0 Å². The normalized spacial score (nSPS) is 11.9. The van der Waals surface area contributed by atoms with Crippen LogP contribution in [0, 0.1) is 0 Å². The number of hydrogen-bond donors (Lipinski definition) is 1. The number of carbonyl (C=O) groups is 1. The van der Waals surface area contributed by atoms with Crippen molar-refractivity contribution in [3.05, 3.63) is 71.1 Å². The molecule has 1 N–H and O–H groups in total. The number of rotatable bonds is 7. The van der Waals surface area contributed by atoms with Gasteiger partial charge in [-0.05, 0) is 36.8 Å². The summed E-state index contributed by atoms with van der Waals surface area (Å²) in [5.41, 5.74) is 1.80. The summed E-state index contributed by atoms with van der Waals surface area (Å²) < 4.78 is 10.6. The Morgan fingerprint density at radius 2 is 1.92 bits per heavy atom. The summed E-state index contributed by atoms with van der Waals surface area (Å²) in [6, 6.07) is 16.4. The number of ether oxygens (including phenoxy) is 1. The van der Waals surface area contributed by atoms with Crippen LogP contribution >= 0.6 is 11.6 Å². The number of nitrogens with one attached hydrogen (secondary N) is 1. The fourth-order valence-electron chi connectivity index (χ4n) is 2.31. The Bertz CT molecular complexity index is 850. The van der Waals surface area contributed by atoms with Crippen molar-refractivity contribution in [2.24, 2.45) is 0 Å². The molecule has 134 valence electrons. The third kappa shape index (κ3) is 4.91. The maximum atomic E-state index is 12.0. The summed E-state index contributed by atoms with van der Waals surface area (Å²) in [6.07, 6.45) is 0. The molecule has 6 nitrogen and oxygen atoms in total. The van der Waals surface area contributed by atoms with E-state index in [1.165, 1.54) is 0 Å². The quantitative estimate of drug-likeness (QED) is 0.683. The molecule has 0 saturated heterocycles. The summed E-state index contributed by atoms with van der Waals surface area (Å²) in [7, 11) is 0. The highest BCUT2D eigenvalue weighted by molar-refractivity contribution is 6.30. The van der Waals surface area contributed by atoms with Gasteiger partial charge in [-0.2, -0.15) is 4.98 Å². The molecule has 0 radical (unpaired) electrons. The van der Waals surface area contributed by atoms with Crippen LogP contribution in [-0.4, -0.2) is 22.7 Å². The lowest BCUT2D eigenvalue weighted by Gasteiger charge is -2.10. The minimum absolute atomic E-state index is 0.0442. The van der Waals surface area contributed by atoms with Crippen LogP contribution in [0.5, 0.6) is 0 Å². The molecule has 0 spiro atoms. The third-order valence-electron chi connectivity index (χ3n) is 3.64. The number of hydrogen-bond acceptors (Lipinski definition) is 5. The lowest BCUT2D eigenvalue weighted by Crippen LogP contribution is -2.30. The molecule has 1 amide bonds. The average Bonchev–Trinajstić information content (AvgIpc) is 3.13. The molecule has 3 rings (SSSR count). The number of aromatic nitrogens is 2. The molecule has 7 heteroatoms. The van der Waals surface area contributed by atoms with Crippen molar-refractivity contribution in [2.75, 3.05) is 6.61 Å². The lowest BCUT2D eigenvalue weighted by molar-refractivity contribution is -0.126. The van der Waals surface area contributed by atoms with Gasteiger partial charge in [0.2, 0.25) is 17.6 Å². The smallest absolute Gasteiger partial charge is 0.249 e. The van der Waals surface area contributed by atoms with Gasteiger partial charge in [-0.15, -0.1) is 0 Å². The summed E-state index contributed by atoms with van der Waals surface area (Å²) in [5, 5.41) is 7.34. The first kappa shape index (κ1) is 18.1. The van der Waals surface area contributed by atoms with E-state index in [9.17, 15) is 4.79 Å². The second-order valence-electron chi connectivity index (χ2n) is 5.73. The minimum Gasteiger partial charge on any atom is -0.367 e. The second kappa shape index (κ2) is 8.60. The lowest BCUT2D eigenvalue weighted by atomic mass is 10.2. The van der Waals surface area contributed by atoms with Crippen molar-refractivity contribution in [3.63, 3.8) is 0 Å². The second-order valence-corrected chi connectivity index (χ2v) is 6.17. The zero-order valence-electron chi connectivity index (χ0n) is 14.2. The standard InChI is InChI=1S/C19H18ClN3O3/c1-13(21-17(24)12-25-11-14-5-3-2-4-6-14)19-22-18(23-26-19)15-7-9-16(20)10-8-15/h2-10,13H,11-12H2,1H3,(H,21,24)/t13-/m0/s1. The highest BCUT2D eigenvalue weighted by atomic mass is 35.5. The topological polar surface area (TPSA) is 77.2 Å². The van der Waals surface area contributed by atoms with Gasteiger partial charge in [-0.1, -0.05) is 47.1 Å². The molecular weight excluding hydrogens is 354 g/mol. The number of amides is 1. The van der Waals surface area contributed by atoms with Gasteiger partial charge in [-0.3, -0.25) is 4.79 Å². The molecule has 3 aromatic rings. The van der Waals surface area contributed by atoms with Gasteiger partial charge in [0.05, 0.1) is 6.61 Å². The fraction of sp³-hybridized carbons (Fsp3) is 0.211. The first-order chi connectivity index (χ1) is 12.6. The number of halogens is 1. The van der Waals surface area contributed by atoms with E-state index in [2.05, 4.69) is 15.5 Å². The van der Waals surface area contributed by atoms with E-state index in [1.807, 2.05) is 30.3 Å². The molecule has 2 aromatic carbocycles. The van der Waals surface area contributed by atoms with Crippen LogP contribution in [0.3, 0.4) is 0 Å². The Balaban J connectivity index is 1.50. The van der Waals surface area contributed by atoms with E-state index in [0.717, 1.165) is 11.1 Å². The minimum atomic E-state index is -0.420. The molecule has 26 heavy (non-hydrogen) atoms. The Hall–Kier alpha value is -2.70. The highest BCUT2D eigenvalue weighted by Gasteiger charge is 2.17. The van der Waals surface area contributed by atoms with Crippen LogP contribution in [0.15, 0.2) is 59.1 Å². The van der Waals surface area contributed by atoms with Crippen LogP contribution in [0.2, 0.25) is 5.02 Å². The van der Waals surface area contributed by atoms with E-state index < -0.39 is 6.04 Å². The van der Waals surface area contributed by atoms with Crippen molar-refractivity contribution in [1.82, 2.24) is 15.5 Å². The number of carbonyl (C=O) groups excluding carboxylic acids is 1.